The third-order valence-electron chi connectivity index (χ3n) is 2.93. The molecule has 1 aliphatic rings. The predicted octanol–water partition coefficient (Wildman–Crippen LogP) is 2.56. The molecule has 1 aromatic rings. The summed E-state index contributed by atoms with van der Waals surface area (Å²) in [5, 5.41) is 9.13. The molecule has 0 bridgehead atoms. The molecule has 1 fully saturated rings. The smallest absolute Gasteiger partial charge is 0.0845 e. The van der Waals surface area contributed by atoms with Crippen LogP contribution in [0.1, 0.15) is 43.9 Å². The zero-order chi connectivity index (χ0) is 13.6. The number of nitrogens with two attached hydrogens (primary N) is 1. The first kappa shape index (κ1) is 15.2. The van der Waals surface area contributed by atoms with Gasteiger partial charge in [0.2, 0.25) is 0 Å². The van der Waals surface area contributed by atoms with Crippen LogP contribution in [0.2, 0.25) is 0 Å². The lowest BCUT2D eigenvalue weighted by atomic mass is 9.95. The highest BCUT2D eigenvalue weighted by molar-refractivity contribution is 5.24. The molecular weight excluding hydrogens is 226 g/mol. The van der Waals surface area contributed by atoms with Gasteiger partial charge in [-0.3, -0.25) is 0 Å². The summed E-state index contributed by atoms with van der Waals surface area (Å²) in [4.78, 5) is 0. The minimum Gasteiger partial charge on any atom is -0.394 e. The first-order chi connectivity index (χ1) is 8.54. The van der Waals surface area contributed by atoms with E-state index in [-0.39, 0.29) is 12.7 Å². The zero-order valence-corrected chi connectivity index (χ0v) is 11.6. The van der Waals surface area contributed by atoms with Gasteiger partial charge in [0, 0.05) is 6.42 Å². The van der Waals surface area contributed by atoms with E-state index in [9.17, 15) is 0 Å². The standard InChI is InChI=1S/C12H17NO2.C3H8/c1-9-2-4-10(5-3-9)11-6-12(13,7-14)8-15-11;1-3-2/h2-5,11,14H,6-8,13H2,1H3;3H2,1-2H3. The van der Waals surface area contributed by atoms with E-state index in [1.807, 2.05) is 0 Å². The number of rotatable bonds is 2. The number of ether oxygens (including phenoxy) is 1. The van der Waals surface area contributed by atoms with Gasteiger partial charge >= 0.3 is 0 Å². The lowest BCUT2D eigenvalue weighted by Gasteiger charge is -2.17. The molecule has 2 unspecified atom stereocenters. The summed E-state index contributed by atoms with van der Waals surface area (Å²) < 4.78 is 5.60. The highest BCUT2D eigenvalue weighted by Crippen LogP contribution is 2.33. The summed E-state index contributed by atoms with van der Waals surface area (Å²) in [5.74, 6) is 0. The van der Waals surface area contributed by atoms with E-state index in [2.05, 4.69) is 45.0 Å². The molecule has 0 aromatic heterocycles. The lowest BCUT2D eigenvalue weighted by molar-refractivity contribution is 0.0960. The molecule has 102 valence electrons. The summed E-state index contributed by atoms with van der Waals surface area (Å²) in [6, 6.07) is 8.24. The molecule has 0 spiro atoms. The fourth-order valence-corrected chi connectivity index (χ4v) is 1.86. The highest BCUT2D eigenvalue weighted by Gasteiger charge is 2.36. The number of hydrogen-bond acceptors (Lipinski definition) is 3. The molecule has 2 rings (SSSR count). The Morgan fingerprint density at radius 1 is 1.33 bits per heavy atom. The van der Waals surface area contributed by atoms with Crippen LogP contribution in [0, 0.1) is 6.92 Å². The molecule has 1 heterocycles. The third kappa shape index (κ3) is 4.09. The summed E-state index contributed by atoms with van der Waals surface area (Å²) >= 11 is 0. The van der Waals surface area contributed by atoms with Gasteiger partial charge in [0.25, 0.3) is 0 Å². The van der Waals surface area contributed by atoms with Gasteiger partial charge in [-0.2, -0.15) is 0 Å². The number of aliphatic hydroxyl groups excluding tert-OH is 1. The lowest BCUT2D eigenvalue weighted by Crippen LogP contribution is -2.44. The third-order valence-corrected chi connectivity index (χ3v) is 2.93. The largest absolute Gasteiger partial charge is 0.394 e. The van der Waals surface area contributed by atoms with E-state index in [1.165, 1.54) is 12.0 Å². The molecule has 3 nitrogen and oxygen atoms in total. The molecule has 1 aliphatic heterocycles. The maximum atomic E-state index is 9.13. The molecule has 2 atom stereocenters. The van der Waals surface area contributed by atoms with Crippen LogP contribution in [0.15, 0.2) is 24.3 Å². The minimum atomic E-state index is -0.560. The van der Waals surface area contributed by atoms with Crippen molar-refractivity contribution >= 4 is 0 Å². The fraction of sp³-hybridized carbons (Fsp3) is 0.600. The molecular formula is C15H25NO2. The van der Waals surface area contributed by atoms with Gasteiger partial charge in [-0.1, -0.05) is 50.1 Å². The first-order valence-electron chi connectivity index (χ1n) is 6.62. The van der Waals surface area contributed by atoms with Gasteiger partial charge in [-0.25, -0.2) is 0 Å². The van der Waals surface area contributed by atoms with Crippen LogP contribution in [0.3, 0.4) is 0 Å². The van der Waals surface area contributed by atoms with Crippen LogP contribution >= 0.6 is 0 Å². The number of hydrogen-bond donors (Lipinski definition) is 2. The summed E-state index contributed by atoms with van der Waals surface area (Å²) in [6.07, 6.45) is 1.97. The molecule has 1 aromatic carbocycles. The molecule has 0 amide bonds. The van der Waals surface area contributed by atoms with Crippen LogP contribution in [0.5, 0.6) is 0 Å². The Morgan fingerprint density at radius 2 is 1.89 bits per heavy atom. The monoisotopic (exact) mass is 251 g/mol. The molecule has 18 heavy (non-hydrogen) atoms. The molecule has 0 aliphatic carbocycles. The quantitative estimate of drug-likeness (QED) is 0.849. The van der Waals surface area contributed by atoms with E-state index in [0.29, 0.717) is 13.0 Å². The molecule has 3 N–H and O–H groups in total. The molecule has 0 radical (unpaired) electrons. The first-order valence-corrected chi connectivity index (χ1v) is 6.62. The highest BCUT2D eigenvalue weighted by atomic mass is 16.5. The normalized spacial score (nSPS) is 26.6. The number of benzene rings is 1. The topological polar surface area (TPSA) is 55.5 Å². The average Bonchev–Trinajstić information content (AvgIpc) is 2.75. The van der Waals surface area contributed by atoms with Crippen LogP contribution in [-0.4, -0.2) is 23.9 Å². The average molecular weight is 251 g/mol. The van der Waals surface area contributed by atoms with Crippen LogP contribution in [0.25, 0.3) is 0 Å². The fourth-order valence-electron chi connectivity index (χ4n) is 1.86. The van der Waals surface area contributed by atoms with E-state index in [1.54, 1.807) is 0 Å². The minimum absolute atomic E-state index is 0.0185. The van der Waals surface area contributed by atoms with E-state index in [4.69, 9.17) is 15.6 Å². The van der Waals surface area contributed by atoms with Crippen molar-refractivity contribution in [3.8, 4) is 0 Å². The molecule has 1 saturated heterocycles. The summed E-state index contributed by atoms with van der Waals surface area (Å²) in [7, 11) is 0. The Bertz CT molecular complexity index is 350. The number of aliphatic hydroxyl groups is 1. The van der Waals surface area contributed by atoms with Gasteiger partial charge in [0.05, 0.1) is 24.9 Å². The zero-order valence-electron chi connectivity index (χ0n) is 11.6. The Labute approximate surface area is 110 Å². The summed E-state index contributed by atoms with van der Waals surface area (Å²) in [5.41, 5.74) is 7.76. The predicted molar refractivity (Wildman–Crippen MR) is 74.5 cm³/mol. The van der Waals surface area contributed by atoms with Crippen molar-refractivity contribution in [1.29, 1.82) is 0 Å². The molecule has 0 saturated carbocycles. The van der Waals surface area contributed by atoms with Crippen LogP contribution < -0.4 is 5.73 Å². The SMILES string of the molecule is CCC.Cc1ccc(C2CC(N)(CO)CO2)cc1. The van der Waals surface area contributed by atoms with Crippen molar-refractivity contribution < 1.29 is 9.84 Å². The second kappa shape index (κ2) is 6.88. The van der Waals surface area contributed by atoms with Crippen LogP contribution in [-0.2, 0) is 4.74 Å². The van der Waals surface area contributed by atoms with Gasteiger partial charge in [-0.15, -0.1) is 0 Å². The van der Waals surface area contributed by atoms with Crippen molar-refractivity contribution in [2.45, 2.75) is 45.3 Å². The van der Waals surface area contributed by atoms with Gasteiger partial charge in [0.15, 0.2) is 0 Å². The van der Waals surface area contributed by atoms with Crippen molar-refractivity contribution in [3.63, 3.8) is 0 Å². The maximum Gasteiger partial charge on any atom is 0.0845 e. The Hall–Kier alpha value is -0.900. The Balaban J connectivity index is 0.000000492. The van der Waals surface area contributed by atoms with Gasteiger partial charge in [0.1, 0.15) is 0 Å². The Morgan fingerprint density at radius 3 is 2.33 bits per heavy atom. The second-order valence-corrected chi connectivity index (χ2v) is 5.14. The maximum absolute atomic E-state index is 9.13. The van der Waals surface area contributed by atoms with Crippen LogP contribution in [0.4, 0.5) is 0 Å². The van der Waals surface area contributed by atoms with Crippen molar-refractivity contribution in [1.82, 2.24) is 0 Å². The second-order valence-electron chi connectivity index (χ2n) is 5.14. The van der Waals surface area contributed by atoms with Crippen molar-refractivity contribution in [2.75, 3.05) is 13.2 Å². The van der Waals surface area contributed by atoms with E-state index in [0.717, 1.165) is 5.56 Å². The van der Waals surface area contributed by atoms with E-state index >= 15 is 0 Å². The van der Waals surface area contributed by atoms with Gasteiger partial charge in [-0.05, 0) is 12.5 Å². The number of aryl methyl sites for hydroxylation is 1. The van der Waals surface area contributed by atoms with E-state index < -0.39 is 5.54 Å². The van der Waals surface area contributed by atoms with Gasteiger partial charge < -0.3 is 15.6 Å². The van der Waals surface area contributed by atoms with Crippen molar-refractivity contribution in [2.24, 2.45) is 5.73 Å². The van der Waals surface area contributed by atoms with Crippen molar-refractivity contribution in [3.05, 3.63) is 35.4 Å². The summed E-state index contributed by atoms with van der Waals surface area (Å²) in [6.45, 7) is 6.72. The Kier molecular flexibility index (Phi) is 5.79. The molecule has 3 heteroatoms.